The van der Waals surface area contributed by atoms with Crippen LogP contribution in [0.5, 0.6) is 5.75 Å². The second kappa shape index (κ2) is 6.29. The number of amides is 1. The third-order valence-corrected chi connectivity index (χ3v) is 3.32. The SMILES string of the molecule is COc1cc(Cl)ccc1C(=O)N(C)c1ccc(C#N)cc1. The Morgan fingerprint density at radius 2 is 1.90 bits per heavy atom. The molecule has 0 aliphatic rings. The first kappa shape index (κ1) is 14.9. The minimum Gasteiger partial charge on any atom is -0.496 e. The molecule has 1 amide bonds. The van der Waals surface area contributed by atoms with Crippen LogP contribution in [-0.2, 0) is 0 Å². The van der Waals surface area contributed by atoms with E-state index in [9.17, 15) is 4.79 Å². The quantitative estimate of drug-likeness (QED) is 0.872. The fourth-order valence-electron chi connectivity index (χ4n) is 1.90. The molecule has 0 N–H and O–H groups in total. The molecule has 0 atom stereocenters. The van der Waals surface area contributed by atoms with Gasteiger partial charge in [-0.15, -0.1) is 0 Å². The number of carbonyl (C=O) groups is 1. The van der Waals surface area contributed by atoms with Crippen molar-refractivity contribution in [3.63, 3.8) is 0 Å². The Morgan fingerprint density at radius 3 is 2.48 bits per heavy atom. The second-order valence-corrected chi connectivity index (χ2v) is 4.80. The van der Waals surface area contributed by atoms with Gasteiger partial charge in [-0.1, -0.05) is 11.6 Å². The molecule has 2 aromatic rings. The molecular weight excluding hydrogens is 288 g/mol. The molecule has 0 heterocycles. The van der Waals surface area contributed by atoms with E-state index in [1.54, 1.807) is 49.5 Å². The van der Waals surface area contributed by atoms with Crippen molar-refractivity contribution >= 4 is 23.2 Å². The number of rotatable bonds is 3. The number of nitriles is 1. The van der Waals surface area contributed by atoms with Gasteiger partial charge in [-0.2, -0.15) is 5.26 Å². The van der Waals surface area contributed by atoms with Crippen LogP contribution in [0.1, 0.15) is 15.9 Å². The Labute approximate surface area is 128 Å². The van der Waals surface area contributed by atoms with Gasteiger partial charge in [-0.05, 0) is 42.5 Å². The molecule has 0 saturated carbocycles. The first-order valence-corrected chi connectivity index (χ1v) is 6.56. The molecule has 0 aliphatic carbocycles. The van der Waals surface area contributed by atoms with Gasteiger partial charge >= 0.3 is 0 Å². The minimum atomic E-state index is -0.215. The lowest BCUT2D eigenvalue weighted by Gasteiger charge is -2.19. The van der Waals surface area contributed by atoms with Crippen LogP contribution in [0, 0.1) is 11.3 Å². The first-order chi connectivity index (χ1) is 10.1. The van der Waals surface area contributed by atoms with Gasteiger partial charge < -0.3 is 9.64 Å². The van der Waals surface area contributed by atoms with Gasteiger partial charge in [0.25, 0.3) is 5.91 Å². The fourth-order valence-corrected chi connectivity index (χ4v) is 2.06. The van der Waals surface area contributed by atoms with Crippen molar-refractivity contribution in [2.24, 2.45) is 0 Å². The van der Waals surface area contributed by atoms with Crippen molar-refractivity contribution < 1.29 is 9.53 Å². The number of carbonyl (C=O) groups excluding carboxylic acids is 1. The van der Waals surface area contributed by atoms with Gasteiger partial charge in [0, 0.05) is 17.8 Å². The Bertz CT molecular complexity index is 705. The van der Waals surface area contributed by atoms with Crippen LogP contribution >= 0.6 is 11.6 Å². The summed E-state index contributed by atoms with van der Waals surface area (Å²) in [6.07, 6.45) is 0. The van der Waals surface area contributed by atoms with Crippen LogP contribution in [0.25, 0.3) is 0 Å². The number of nitrogens with zero attached hydrogens (tertiary/aromatic N) is 2. The standard InChI is InChI=1S/C16H13ClN2O2/c1-19(13-6-3-11(10-18)4-7-13)16(20)14-8-5-12(17)9-15(14)21-2/h3-9H,1-2H3. The Balaban J connectivity index is 2.32. The minimum absolute atomic E-state index is 0.215. The molecule has 5 heteroatoms. The molecule has 4 nitrogen and oxygen atoms in total. The molecule has 106 valence electrons. The zero-order valence-electron chi connectivity index (χ0n) is 11.6. The van der Waals surface area contributed by atoms with Gasteiger partial charge in [0.2, 0.25) is 0 Å². The van der Waals surface area contributed by atoms with Crippen LogP contribution in [0.15, 0.2) is 42.5 Å². The van der Waals surface area contributed by atoms with E-state index in [2.05, 4.69) is 0 Å². The Kier molecular flexibility index (Phi) is 4.46. The molecule has 0 unspecified atom stereocenters. The normalized spacial score (nSPS) is 9.81. The lowest BCUT2D eigenvalue weighted by Crippen LogP contribution is -2.26. The third-order valence-electron chi connectivity index (χ3n) is 3.08. The predicted molar refractivity (Wildman–Crippen MR) is 81.9 cm³/mol. The second-order valence-electron chi connectivity index (χ2n) is 4.37. The maximum absolute atomic E-state index is 12.5. The van der Waals surface area contributed by atoms with Gasteiger partial charge in [0.15, 0.2) is 0 Å². The number of halogens is 1. The Hall–Kier alpha value is -2.51. The molecule has 0 spiro atoms. The maximum Gasteiger partial charge on any atom is 0.261 e. The van der Waals surface area contributed by atoms with Crippen LogP contribution < -0.4 is 9.64 Å². The predicted octanol–water partition coefficient (Wildman–Crippen LogP) is 3.50. The van der Waals surface area contributed by atoms with Crippen LogP contribution in [0.2, 0.25) is 5.02 Å². The molecule has 21 heavy (non-hydrogen) atoms. The summed E-state index contributed by atoms with van der Waals surface area (Å²) in [5.41, 5.74) is 1.66. The summed E-state index contributed by atoms with van der Waals surface area (Å²) in [7, 11) is 3.15. The van der Waals surface area contributed by atoms with E-state index >= 15 is 0 Å². The lowest BCUT2D eigenvalue weighted by molar-refractivity contribution is 0.0990. The average Bonchev–Trinajstić information content (AvgIpc) is 2.53. The van der Waals surface area contributed by atoms with E-state index in [0.717, 1.165) is 0 Å². The van der Waals surface area contributed by atoms with Crippen LogP contribution in [-0.4, -0.2) is 20.1 Å². The molecule has 0 aromatic heterocycles. The topological polar surface area (TPSA) is 53.3 Å². The van der Waals surface area contributed by atoms with Crippen LogP contribution in [0.4, 0.5) is 5.69 Å². The van der Waals surface area contributed by atoms with E-state index in [4.69, 9.17) is 21.6 Å². The number of benzene rings is 2. The number of anilines is 1. The third kappa shape index (κ3) is 3.15. The summed E-state index contributed by atoms with van der Waals surface area (Å²) in [4.78, 5) is 14.0. The van der Waals surface area contributed by atoms with E-state index in [-0.39, 0.29) is 5.91 Å². The summed E-state index contributed by atoms with van der Waals surface area (Å²) in [6, 6.07) is 13.7. The molecule has 0 aliphatic heterocycles. The van der Waals surface area contributed by atoms with Crippen molar-refractivity contribution in [1.82, 2.24) is 0 Å². The summed E-state index contributed by atoms with van der Waals surface area (Å²) in [6.45, 7) is 0. The van der Waals surface area contributed by atoms with Gasteiger partial charge in [-0.3, -0.25) is 4.79 Å². The molecular formula is C16H13ClN2O2. The van der Waals surface area contributed by atoms with Gasteiger partial charge in [0.05, 0.1) is 24.3 Å². The van der Waals surface area contributed by atoms with Gasteiger partial charge in [-0.25, -0.2) is 0 Å². The highest BCUT2D eigenvalue weighted by Gasteiger charge is 2.18. The molecule has 2 rings (SSSR count). The summed E-state index contributed by atoms with van der Waals surface area (Å²) in [5.74, 6) is 0.209. The first-order valence-electron chi connectivity index (χ1n) is 6.18. The monoisotopic (exact) mass is 300 g/mol. The van der Waals surface area contributed by atoms with Crippen molar-refractivity contribution in [2.75, 3.05) is 19.1 Å². The van der Waals surface area contributed by atoms with Crippen molar-refractivity contribution in [3.05, 3.63) is 58.6 Å². The highest BCUT2D eigenvalue weighted by Crippen LogP contribution is 2.26. The Morgan fingerprint density at radius 1 is 1.24 bits per heavy atom. The summed E-state index contributed by atoms with van der Waals surface area (Å²) < 4.78 is 5.19. The molecule has 0 radical (unpaired) electrons. The molecule has 2 aromatic carbocycles. The van der Waals surface area contributed by atoms with E-state index in [1.807, 2.05) is 6.07 Å². The van der Waals surface area contributed by atoms with Gasteiger partial charge in [0.1, 0.15) is 5.75 Å². The zero-order valence-corrected chi connectivity index (χ0v) is 12.4. The lowest BCUT2D eigenvalue weighted by atomic mass is 10.1. The number of hydrogen-bond acceptors (Lipinski definition) is 3. The van der Waals surface area contributed by atoms with E-state index < -0.39 is 0 Å². The summed E-state index contributed by atoms with van der Waals surface area (Å²) >= 11 is 5.89. The largest absolute Gasteiger partial charge is 0.496 e. The van der Waals surface area contributed by atoms with Crippen molar-refractivity contribution in [3.8, 4) is 11.8 Å². The highest BCUT2D eigenvalue weighted by atomic mass is 35.5. The smallest absolute Gasteiger partial charge is 0.261 e. The fraction of sp³-hybridized carbons (Fsp3) is 0.125. The molecule has 0 saturated heterocycles. The van der Waals surface area contributed by atoms with E-state index in [0.29, 0.717) is 27.6 Å². The maximum atomic E-state index is 12.5. The number of methoxy groups -OCH3 is 1. The van der Waals surface area contributed by atoms with Crippen molar-refractivity contribution in [2.45, 2.75) is 0 Å². The van der Waals surface area contributed by atoms with E-state index in [1.165, 1.54) is 12.0 Å². The molecule has 0 fully saturated rings. The zero-order chi connectivity index (χ0) is 15.4. The number of hydrogen-bond donors (Lipinski definition) is 0. The highest BCUT2D eigenvalue weighted by molar-refractivity contribution is 6.31. The molecule has 0 bridgehead atoms. The summed E-state index contributed by atoms with van der Waals surface area (Å²) in [5, 5.41) is 9.29. The number of ether oxygens (including phenoxy) is 1. The average molecular weight is 301 g/mol. The van der Waals surface area contributed by atoms with Crippen LogP contribution in [0.3, 0.4) is 0 Å². The van der Waals surface area contributed by atoms with Crippen molar-refractivity contribution in [1.29, 1.82) is 5.26 Å².